The minimum absolute atomic E-state index is 0.0849. The molecule has 23 heavy (non-hydrogen) atoms. The molecule has 0 aliphatic heterocycles. The Morgan fingerprint density at radius 2 is 1.61 bits per heavy atom. The van der Waals surface area contributed by atoms with Gasteiger partial charge in [-0.05, 0) is 51.0 Å². The second-order valence-corrected chi connectivity index (χ2v) is 6.86. The van der Waals surface area contributed by atoms with Crippen molar-refractivity contribution in [3.8, 4) is 0 Å². The van der Waals surface area contributed by atoms with Crippen molar-refractivity contribution in [1.29, 1.82) is 0 Å². The molecule has 1 aromatic carbocycles. The second-order valence-electron chi connectivity index (χ2n) is 5.81. The number of nitrogens with zero attached hydrogens (tertiary/aromatic N) is 1. The fourth-order valence-corrected chi connectivity index (χ4v) is 3.14. The molecule has 1 N–H and O–H groups in total. The third-order valence-corrected chi connectivity index (χ3v) is 4.95. The van der Waals surface area contributed by atoms with E-state index in [1.807, 2.05) is 29.2 Å². The van der Waals surface area contributed by atoms with Gasteiger partial charge in [-0.15, -0.1) is 11.8 Å². The number of benzene rings is 1. The summed E-state index contributed by atoms with van der Waals surface area (Å²) in [6, 6.07) is 8.10. The van der Waals surface area contributed by atoms with Crippen LogP contribution < -0.4 is 5.32 Å². The summed E-state index contributed by atoms with van der Waals surface area (Å²) < 4.78 is 0. The Labute approximate surface area is 144 Å². The number of nitrogens with one attached hydrogen (secondary N) is 1. The average Bonchev–Trinajstić information content (AvgIpc) is 2.53. The number of hydrogen-bond acceptors (Lipinski definition) is 3. The van der Waals surface area contributed by atoms with Crippen molar-refractivity contribution < 1.29 is 9.59 Å². The monoisotopic (exact) mass is 336 g/mol. The Morgan fingerprint density at radius 3 is 2.04 bits per heavy atom. The van der Waals surface area contributed by atoms with Crippen LogP contribution in [-0.2, 0) is 9.59 Å². The van der Waals surface area contributed by atoms with Crippen molar-refractivity contribution in [1.82, 2.24) is 4.90 Å². The van der Waals surface area contributed by atoms with E-state index in [4.69, 9.17) is 0 Å². The molecule has 0 aliphatic carbocycles. The normalized spacial score (nSPS) is 13.3. The van der Waals surface area contributed by atoms with Gasteiger partial charge in [0.1, 0.15) is 0 Å². The molecule has 5 heteroatoms. The predicted molar refractivity (Wildman–Crippen MR) is 97.8 cm³/mol. The molecule has 0 fully saturated rings. The summed E-state index contributed by atoms with van der Waals surface area (Å²) in [5, 5.41) is 2.74. The molecule has 0 saturated heterocycles. The zero-order chi connectivity index (χ0) is 17.4. The van der Waals surface area contributed by atoms with Crippen LogP contribution in [0.15, 0.2) is 29.2 Å². The molecule has 2 amide bonds. The maximum Gasteiger partial charge on any atom is 0.233 e. The molecular formula is C18H28N2O2S. The summed E-state index contributed by atoms with van der Waals surface area (Å²) >= 11 is 1.54. The molecule has 4 nitrogen and oxygen atoms in total. The van der Waals surface area contributed by atoms with Crippen LogP contribution >= 0.6 is 11.8 Å². The van der Waals surface area contributed by atoms with Gasteiger partial charge in [0.05, 0.1) is 5.75 Å². The molecule has 0 unspecified atom stereocenters. The second kappa shape index (κ2) is 9.60. The fraction of sp³-hybridized carbons (Fsp3) is 0.556. The van der Waals surface area contributed by atoms with Crippen LogP contribution in [0.1, 0.15) is 47.5 Å². The minimum Gasteiger partial charge on any atom is -0.337 e. The zero-order valence-corrected chi connectivity index (χ0v) is 15.6. The molecule has 1 rings (SSSR count). The van der Waals surface area contributed by atoms with E-state index in [-0.39, 0.29) is 23.9 Å². The number of carbonyl (C=O) groups excluding carboxylic acids is 2. The molecule has 0 heterocycles. The van der Waals surface area contributed by atoms with Gasteiger partial charge in [-0.3, -0.25) is 9.59 Å². The lowest BCUT2D eigenvalue weighted by atomic mass is 10.1. The van der Waals surface area contributed by atoms with Gasteiger partial charge in [0.15, 0.2) is 0 Å². The van der Waals surface area contributed by atoms with Gasteiger partial charge in [0, 0.05) is 29.6 Å². The average molecular weight is 337 g/mol. The Balaban J connectivity index is 2.64. The lowest BCUT2D eigenvalue weighted by Crippen LogP contribution is -2.45. The zero-order valence-electron chi connectivity index (χ0n) is 14.8. The fourth-order valence-electron chi connectivity index (χ4n) is 2.38. The number of rotatable bonds is 8. The van der Waals surface area contributed by atoms with E-state index in [1.165, 1.54) is 18.7 Å². The molecule has 0 radical (unpaired) electrons. The van der Waals surface area contributed by atoms with Crippen LogP contribution in [0.25, 0.3) is 0 Å². The van der Waals surface area contributed by atoms with E-state index < -0.39 is 0 Å². The van der Waals surface area contributed by atoms with E-state index in [9.17, 15) is 9.59 Å². The van der Waals surface area contributed by atoms with Gasteiger partial charge >= 0.3 is 0 Å². The van der Waals surface area contributed by atoms with E-state index >= 15 is 0 Å². The van der Waals surface area contributed by atoms with Crippen LogP contribution in [0.2, 0.25) is 0 Å². The summed E-state index contributed by atoms with van der Waals surface area (Å²) in [5.74, 6) is 0.539. The number of amides is 2. The van der Waals surface area contributed by atoms with Gasteiger partial charge in [0.25, 0.3) is 0 Å². The highest BCUT2D eigenvalue weighted by molar-refractivity contribution is 8.00. The molecule has 0 spiro atoms. The smallest absolute Gasteiger partial charge is 0.233 e. The standard InChI is InChI=1S/C18H28N2O2S/c1-6-13(3)20(14(4)7-2)18(22)12-23-17-10-8-16(9-11-17)19-15(5)21/h8-11,13-14H,6-7,12H2,1-5H3,(H,19,21)/t13-,14-/m1/s1. The summed E-state index contributed by atoms with van der Waals surface area (Å²) in [7, 11) is 0. The predicted octanol–water partition coefficient (Wildman–Crippen LogP) is 4.16. The van der Waals surface area contributed by atoms with Crippen LogP contribution in [0.5, 0.6) is 0 Å². The van der Waals surface area contributed by atoms with E-state index in [0.717, 1.165) is 23.4 Å². The number of anilines is 1. The molecule has 128 valence electrons. The van der Waals surface area contributed by atoms with Crippen LogP contribution in [0.4, 0.5) is 5.69 Å². The number of hydrogen-bond donors (Lipinski definition) is 1. The first-order chi connectivity index (χ1) is 10.9. The highest BCUT2D eigenvalue weighted by Crippen LogP contribution is 2.22. The van der Waals surface area contributed by atoms with Gasteiger partial charge in [-0.2, -0.15) is 0 Å². The van der Waals surface area contributed by atoms with Crippen LogP contribution in [0, 0.1) is 0 Å². The Kier molecular flexibility index (Phi) is 8.17. The van der Waals surface area contributed by atoms with Gasteiger partial charge in [-0.1, -0.05) is 13.8 Å². The molecular weight excluding hydrogens is 308 g/mol. The number of carbonyl (C=O) groups is 2. The van der Waals surface area contributed by atoms with Crippen molar-refractivity contribution in [3.05, 3.63) is 24.3 Å². The highest BCUT2D eigenvalue weighted by atomic mass is 32.2. The van der Waals surface area contributed by atoms with Gasteiger partial charge < -0.3 is 10.2 Å². The SMILES string of the molecule is CC[C@@H](C)N(C(=O)CSc1ccc(NC(C)=O)cc1)[C@H](C)CC. The Bertz CT molecular complexity index is 506. The van der Waals surface area contributed by atoms with Crippen molar-refractivity contribution >= 4 is 29.3 Å². The Morgan fingerprint density at radius 1 is 1.09 bits per heavy atom. The van der Waals surface area contributed by atoms with Crippen molar-refractivity contribution in [2.75, 3.05) is 11.1 Å². The first kappa shape index (κ1) is 19.6. The summed E-state index contributed by atoms with van der Waals surface area (Å²) in [6.45, 7) is 9.93. The van der Waals surface area contributed by atoms with Crippen LogP contribution in [-0.4, -0.2) is 34.6 Å². The lowest BCUT2D eigenvalue weighted by Gasteiger charge is -2.34. The van der Waals surface area contributed by atoms with Gasteiger partial charge in [0.2, 0.25) is 11.8 Å². The van der Waals surface area contributed by atoms with Gasteiger partial charge in [-0.25, -0.2) is 0 Å². The topological polar surface area (TPSA) is 49.4 Å². The third-order valence-electron chi connectivity index (χ3n) is 3.96. The van der Waals surface area contributed by atoms with E-state index in [0.29, 0.717) is 5.75 Å². The van der Waals surface area contributed by atoms with E-state index in [2.05, 4.69) is 33.0 Å². The van der Waals surface area contributed by atoms with Crippen molar-refractivity contribution in [2.24, 2.45) is 0 Å². The first-order valence-corrected chi connectivity index (χ1v) is 9.19. The van der Waals surface area contributed by atoms with Crippen molar-refractivity contribution in [2.45, 2.75) is 64.4 Å². The minimum atomic E-state index is -0.0849. The largest absolute Gasteiger partial charge is 0.337 e. The molecule has 0 aromatic heterocycles. The molecule has 0 saturated carbocycles. The maximum absolute atomic E-state index is 12.6. The Hall–Kier alpha value is -1.49. The summed E-state index contributed by atoms with van der Waals surface area (Å²) in [5.41, 5.74) is 0.772. The third kappa shape index (κ3) is 6.26. The lowest BCUT2D eigenvalue weighted by molar-refractivity contribution is -0.132. The van der Waals surface area contributed by atoms with Crippen molar-refractivity contribution in [3.63, 3.8) is 0 Å². The molecule has 0 aliphatic rings. The molecule has 1 aromatic rings. The maximum atomic E-state index is 12.6. The van der Waals surface area contributed by atoms with Crippen LogP contribution in [0.3, 0.4) is 0 Å². The highest BCUT2D eigenvalue weighted by Gasteiger charge is 2.23. The molecule has 0 bridgehead atoms. The first-order valence-electron chi connectivity index (χ1n) is 8.20. The summed E-state index contributed by atoms with van der Waals surface area (Å²) in [4.78, 5) is 26.6. The number of thioether (sulfide) groups is 1. The summed E-state index contributed by atoms with van der Waals surface area (Å²) in [6.07, 6.45) is 1.93. The quantitative estimate of drug-likeness (QED) is 0.725. The van der Waals surface area contributed by atoms with E-state index in [1.54, 1.807) is 0 Å². The molecule has 2 atom stereocenters.